The number of carbonyl (C=O) groups is 3. The van der Waals surface area contributed by atoms with Crippen LogP contribution in [0.25, 0.3) is 0 Å². The highest BCUT2D eigenvalue weighted by molar-refractivity contribution is 5.90. The van der Waals surface area contributed by atoms with E-state index in [1.807, 2.05) is 20.8 Å². The normalized spacial score (nSPS) is 45.4. The first kappa shape index (κ1) is 32.1. The lowest BCUT2D eigenvalue weighted by atomic mass is 9.43. The second kappa shape index (κ2) is 11.5. The Hall–Kier alpha value is -2.33. The Balaban J connectivity index is 1.49. The zero-order valence-electron chi connectivity index (χ0n) is 26.4. The van der Waals surface area contributed by atoms with E-state index in [1.165, 1.54) is 7.11 Å². The summed E-state index contributed by atoms with van der Waals surface area (Å²) >= 11 is 0. The molecule has 0 radical (unpaired) electrons. The van der Waals surface area contributed by atoms with E-state index in [9.17, 15) is 24.6 Å². The molecule has 5 unspecified atom stereocenters. The first-order chi connectivity index (χ1) is 20.4. The van der Waals surface area contributed by atoms with Gasteiger partial charge in [0.1, 0.15) is 23.9 Å². The van der Waals surface area contributed by atoms with Crippen LogP contribution in [0.4, 0.5) is 0 Å². The number of allylic oxidation sites excluding steroid dienone is 4. The van der Waals surface area contributed by atoms with Gasteiger partial charge in [0, 0.05) is 18.1 Å². The lowest BCUT2D eigenvalue weighted by molar-refractivity contribution is -0.308. The first-order valence-corrected chi connectivity index (χ1v) is 15.8. The van der Waals surface area contributed by atoms with Crippen molar-refractivity contribution in [3.05, 3.63) is 35.5 Å². The molecular weight excluding hydrogens is 552 g/mol. The maximum Gasteiger partial charge on any atom is 0.334 e. The van der Waals surface area contributed by atoms with Gasteiger partial charge in [-0.1, -0.05) is 57.1 Å². The molecule has 3 saturated carbocycles. The van der Waals surface area contributed by atoms with Crippen LogP contribution < -0.4 is 0 Å². The van der Waals surface area contributed by atoms with E-state index in [1.54, 1.807) is 32.1 Å². The smallest absolute Gasteiger partial charge is 0.334 e. The molecule has 2 N–H and O–H groups in total. The number of aliphatic hydroxyl groups is 1. The molecule has 4 bridgehead atoms. The Bertz CT molecular complexity index is 1220. The van der Waals surface area contributed by atoms with Crippen molar-refractivity contribution in [2.45, 2.75) is 97.9 Å². The molecule has 5 rings (SSSR count). The number of fused-ring (bicyclic) bond motifs is 2. The largest absolute Gasteiger partial charge is 0.481 e. The van der Waals surface area contributed by atoms with E-state index in [0.717, 1.165) is 24.7 Å². The molecule has 4 aliphatic carbocycles. The van der Waals surface area contributed by atoms with Crippen molar-refractivity contribution in [1.82, 2.24) is 0 Å². The van der Waals surface area contributed by atoms with Crippen molar-refractivity contribution in [2.24, 2.45) is 45.8 Å². The number of esters is 1. The molecule has 12 atom stereocenters. The molecule has 1 heterocycles. The molecule has 0 amide bonds. The number of carbonyl (C=O) groups excluding carboxylic acids is 2. The Labute approximate surface area is 254 Å². The number of hydrogen-bond acceptors (Lipinski definition) is 8. The van der Waals surface area contributed by atoms with Gasteiger partial charge in [-0.05, 0) is 69.6 Å². The van der Waals surface area contributed by atoms with Crippen molar-refractivity contribution in [3.63, 3.8) is 0 Å². The Morgan fingerprint density at radius 2 is 1.91 bits per heavy atom. The highest BCUT2D eigenvalue weighted by Gasteiger charge is 2.84. The van der Waals surface area contributed by atoms with E-state index in [4.69, 9.17) is 18.9 Å². The number of aliphatic carboxylic acids is 1. The summed E-state index contributed by atoms with van der Waals surface area (Å²) < 4.78 is 23.9. The molecule has 9 nitrogen and oxygen atoms in total. The van der Waals surface area contributed by atoms with Gasteiger partial charge in [-0.3, -0.25) is 4.79 Å². The zero-order chi connectivity index (χ0) is 31.5. The fraction of sp³-hybridized carbons (Fsp3) is 0.735. The van der Waals surface area contributed by atoms with Crippen LogP contribution in [0.5, 0.6) is 0 Å². The van der Waals surface area contributed by atoms with Gasteiger partial charge in [-0.2, -0.15) is 0 Å². The third-order valence-corrected chi connectivity index (χ3v) is 11.8. The maximum atomic E-state index is 13.7. The van der Waals surface area contributed by atoms with E-state index in [2.05, 4.69) is 13.0 Å². The molecule has 0 aromatic rings. The fourth-order valence-corrected chi connectivity index (χ4v) is 9.98. The Kier molecular flexibility index (Phi) is 8.61. The number of hydrogen-bond donors (Lipinski definition) is 2. The standard InChI is InChI=1S/C34H48O9/c1-8-9-10-20(5)29(37)43-28-26(36)30(42-21(6)27(28)40-7)41-17-33-15-23-19(4)11-12-24(23)32(16-35)14-22(33)13-25(18(2)3)34(32,33)31(38)39/h8-10,13,16,18-19,21-24,26-28,30,36H,11-12,14-15,17H2,1-7H3,(H,38,39)/b9-8+,20-10+/t19-,21-,22?,23-,24-,26?,27-,28+,30-,32?,33?,34?/m1/s1. The van der Waals surface area contributed by atoms with Crippen molar-refractivity contribution >= 4 is 18.2 Å². The lowest BCUT2D eigenvalue weighted by Gasteiger charge is -2.58. The van der Waals surface area contributed by atoms with Gasteiger partial charge in [-0.25, -0.2) is 4.79 Å². The van der Waals surface area contributed by atoms with Crippen molar-refractivity contribution < 1.29 is 43.5 Å². The molecule has 238 valence electrons. The maximum absolute atomic E-state index is 13.7. The summed E-state index contributed by atoms with van der Waals surface area (Å²) in [6, 6.07) is 0. The summed E-state index contributed by atoms with van der Waals surface area (Å²) in [6.45, 7) is 11.4. The topological polar surface area (TPSA) is 129 Å². The molecule has 9 heteroatoms. The van der Waals surface area contributed by atoms with Crippen LogP contribution in [-0.2, 0) is 33.3 Å². The summed E-state index contributed by atoms with van der Waals surface area (Å²) in [4.78, 5) is 39.8. The average Bonchev–Trinajstić information content (AvgIpc) is 3.54. The van der Waals surface area contributed by atoms with Gasteiger partial charge < -0.3 is 34.0 Å². The molecule has 0 aromatic heterocycles. The van der Waals surface area contributed by atoms with E-state index >= 15 is 0 Å². The number of methoxy groups -OCH3 is 1. The van der Waals surface area contributed by atoms with Crippen LogP contribution in [0, 0.1) is 45.8 Å². The predicted octanol–water partition coefficient (Wildman–Crippen LogP) is 4.48. The van der Waals surface area contributed by atoms with E-state index in [0.29, 0.717) is 24.3 Å². The summed E-state index contributed by atoms with van der Waals surface area (Å²) in [5.74, 6) is -1.17. The van der Waals surface area contributed by atoms with Crippen LogP contribution in [0.2, 0.25) is 0 Å². The highest BCUT2D eigenvalue weighted by atomic mass is 16.7. The minimum atomic E-state index is -1.40. The summed E-state index contributed by atoms with van der Waals surface area (Å²) in [5, 5.41) is 22.7. The zero-order valence-corrected chi connectivity index (χ0v) is 26.4. The van der Waals surface area contributed by atoms with Gasteiger partial charge in [0.25, 0.3) is 0 Å². The van der Waals surface area contributed by atoms with Gasteiger partial charge >= 0.3 is 11.9 Å². The third kappa shape index (κ3) is 4.36. The Morgan fingerprint density at radius 3 is 2.51 bits per heavy atom. The van der Waals surface area contributed by atoms with Crippen LogP contribution in [-0.4, -0.2) is 72.9 Å². The number of carboxylic acid groups (broad SMARTS) is 1. The van der Waals surface area contributed by atoms with Gasteiger partial charge in [0.05, 0.1) is 18.1 Å². The quantitative estimate of drug-likeness (QED) is 0.123. The summed E-state index contributed by atoms with van der Waals surface area (Å²) in [6.07, 6.45) is 6.21. The van der Waals surface area contributed by atoms with Crippen LogP contribution in [0.15, 0.2) is 35.5 Å². The molecule has 1 saturated heterocycles. The van der Waals surface area contributed by atoms with Crippen LogP contribution in [0.3, 0.4) is 0 Å². The molecule has 0 aromatic carbocycles. The molecular formula is C34H48O9. The molecule has 4 fully saturated rings. The van der Waals surface area contributed by atoms with Gasteiger partial charge in [0.15, 0.2) is 12.4 Å². The van der Waals surface area contributed by atoms with Crippen molar-refractivity contribution in [1.29, 1.82) is 0 Å². The van der Waals surface area contributed by atoms with Crippen LogP contribution in [0.1, 0.15) is 67.2 Å². The Morgan fingerprint density at radius 1 is 1.19 bits per heavy atom. The van der Waals surface area contributed by atoms with Crippen LogP contribution >= 0.6 is 0 Å². The second-order valence-corrected chi connectivity index (χ2v) is 13.9. The van der Waals surface area contributed by atoms with Crippen molar-refractivity contribution in [3.8, 4) is 0 Å². The fourth-order valence-electron chi connectivity index (χ4n) is 9.98. The number of aldehydes is 1. The molecule has 1 aliphatic heterocycles. The SMILES string of the molecule is C/C=C/C=C(\C)C(=O)O[C@H]1C(O)[C@H](OCC23C[C@@H]4[C@H](C)CC[C@H]4C4(C=O)CC2C=C(C(C)C)C34C(=O)O)O[C@H](C)[C@H]1OC. The molecule has 0 spiro atoms. The number of carboxylic acids is 1. The van der Waals surface area contributed by atoms with E-state index in [-0.39, 0.29) is 30.3 Å². The lowest BCUT2D eigenvalue weighted by Crippen LogP contribution is -2.64. The van der Waals surface area contributed by atoms with E-state index < -0.39 is 58.9 Å². The average molecular weight is 601 g/mol. The molecule has 5 aliphatic rings. The minimum absolute atomic E-state index is 0.00476. The molecule has 43 heavy (non-hydrogen) atoms. The minimum Gasteiger partial charge on any atom is -0.481 e. The summed E-state index contributed by atoms with van der Waals surface area (Å²) in [7, 11) is 1.47. The monoisotopic (exact) mass is 600 g/mol. The highest BCUT2D eigenvalue weighted by Crippen LogP contribution is 2.82. The van der Waals surface area contributed by atoms with Crippen molar-refractivity contribution in [2.75, 3.05) is 13.7 Å². The third-order valence-electron chi connectivity index (χ3n) is 11.8. The first-order valence-electron chi connectivity index (χ1n) is 15.8. The number of rotatable bonds is 10. The predicted molar refractivity (Wildman–Crippen MR) is 158 cm³/mol. The second-order valence-electron chi connectivity index (χ2n) is 13.9. The number of ether oxygens (including phenoxy) is 4. The summed E-state index contributed by atoms with van der Waals surface area (Å²) in [5.41, 5.74) is -2.10. The number of aliphatic hydroxyl groups excluding tert-OH is 1. The van der Waals surface area contributed by atoms with Gasteiger partial charge in [0.2, 0.25) is 0 Å². The van der Waals surface area contributed by atoms with Gasteiger partial charge in [-0.15, -0.1) is 0 Å².